The molecular weight excluding hydrogens is 228 g/mol. The Bertz CT molecular complexity index is 432. The van der Waals surface area contributed by atoms with Gasteiger partial charge in [0.05, 0.1) is 6.61 Å². The van der Waals surface area contributed by atoms with Crippen LogP contribution < -0.4 is 10.1 Å². The van der Waals surface area contributed by atoms with Gasteiger partial charge in [0, 0.05) is 25.6 Å². The van der Waals surface area contributed by atoms with Crippen molar-refractivity contribution in [1.29, 1.82) is 0 Å². The Balaban J connectivity index is 2.00. The fourth-order valence-corrected chi connectivity index (χ4v) is 2.13. The Hall–Kier alpha value is -1.55. The highest BCUT2D eigenvalue weighted by Gasteiger charge is 2.16. The molecule has 18 heavy (non-hydrogen) atoms. The fraction of sp³-hybridized carbons (Fsp3) is 0.500. The van der Waals surface area contributed by atoms with Gasteiger partial charge in [-0.25, -0.2) is 0 Å². The molecular formula is C14H20N2O2. The highest BCUT2D eigenvalue weighted by atomic mass is 16.5. The second-order valence-electron chi connectivity index (χ2n) is 4.60. The Morgan fingerprint density at radius 1 is 1.50 bits per heavy atom. The van der Waals surface area contributed by atoms with Gasteiger partial charge in [-0.05, 0) is 43.8 Å². The van der Waals surface area contributed by atoms with Gasteiger partial charge in [-0.15, -0.1) is 0 Å². The quantitative estimate of drug-likeness (QED) is 0.799. The van der Waals surface area contributed by atoms with E-state index in [0.29, 0.717) is 0 Å². The van der Waals surface area contributed by atoms with Gasteiger partial charge in [0.25, 0.3) is 5.91 Å². The summed E-state index contributed by atoms with van der Waals surface area (Å²) in [5, 5.41) is 3.08. The third-order valence-corrected chi connectivity index (χ3v) is 3.20. The molecule has 0 aromatic heterocycles. The summed E-state index contributed by atoms with van der Waals surface area (Å²) in [6.07, 6.45) is 1.87. The topological polar surface area (TPSA) is 41.6 Å². The van der Waals surface area contributed by atoms with Crippen LogP contribution in [0.5, 0.6) is 5.75 Å². The molecule has 1 aromatic rings. The summed E-state index contributed by atoms with van der Waals surface area (Å²) in [6, 6.07) is 5.71. The van der Waals surface area contributed by atoms with Crippen molar-refractivity contribution >= 4 is 5.91 Å². The molecule has 2 rings (SSSR count). The summed E-state index contributed by atoms with van der Waals surface area (Å²) in [4.78, 5) is 14.0. The number of amides is 1. The van der Waals surface area contributed by atoms with Gasteiger partial charge in [-0.3, -0.25) is 4.79 Å². The van der Waals surface area contributed by atoms with Gasteiger partial charge in [0.2, 0.25) is 0 Å². The predicted molar refractivity (Wildman–Crippen MR) is 71.1 cm³/mol. The standard InChI is InChI=1S/C14H20N2O2/c1-15-7-3-8-16(2)14(17)12-4-5-13-11(10-12)6-9-18-13/h4-5,10,15H,3,6-9H2,1-2H3. The van der Waals surface area contributed by atoms with Crippen LogP contribution in [0.1, 0.15) is 22.3 Å². The molecule has 0 bridgehead atoms. The molecule has 4 heteroatoms. The highest BCUT2D eigenvalue weighted by molar-refractivity contribution is 5.94. The van der Waals surface area contributed by atoms with E-state index in [1.807, 2.05) is 32.3 Å². The lowest BCUT2D eigenvalue weighted by atomic mass is 10.1. The van der Waals surface area contributed by atoms with Crippen LogP contribution in [0.2, 0.25) is 0 Å². The molecule has 1 N–H and O–H groups in total. The second kappa shape index (κ2) is 5.87. The summed E-state index contributed by atoms with van der Waals surface area (Å²) in [6.45, 7) is 2.42. The molecule has 0 spiro atoms. The molecule has 1 heterocycles. The average molecular weight is 248 g/mol. The number of nitrogens with one attached hydrogen (secondary N) is 1. The SMILES string of the molecule is CNCCCN(C)C(=O)c1ccc2c(c1)CCO2. The Morgan fingerprint density at radius 3 is 3.11 bits per heavy atom. The molecule has 0 atom stereocenters. The van der Waals surface area contributed by atoms with Crippen LogP contribution in [-0.2, 0) is 6.42 Å². The van der Waals surface area contributed by atoms with E-state index in [-0.39, 0.29) is 5.91 Å². The maximum atomic E-state index is 12.2. The summed E-state index contributed by atoms with van der Waals surface area (Å²) < 4.78 is 5.44. The van der Waals surface area contributed by atoms with Crippen LogP contribution in [0.15, 0.2) is 18.2 Å². The molecule has 0 radical (unpaired) electrons. The minimum atomic E-state index is 0.0841. The number of hydrogen-bond donors (Lipinski definition) is 1. The number of hydrogen-bond acceptors (Lipinski definition) is 3. The minimum absolute atomic E-state index is 0.0841. The molecule has 1 amide bonds. The highest BCUT2D eigenvalue weighted by Crippen LogP contribution is 2.26. The molecule has 0 fully saturated rings. The third-order valence-electron chi connectivity index (χ3n) is 3.20. The van der Waals surface area contributed by atoms with E-state index in [1.165, 1.54) is 0 Å². The van der Waals surface area contributed by atoms with Gasteiger partial charge >= 0.3 is 0 Å². The van der Waals surface area contributed by atoms with Gasteiger partial charge in [0.1, 0.15) is 5.75 Å². The minimum Gasteiger partial charge on any atom is -0.493 e. The van der Waals surface area contributed by atoms with Crippen molar-refractivity contribution in [2.24, 2.45) is 0 Å². The summed E-state index contributed by atoms with van der Waals surface area (Å²) in [5.74, 6) is 1.00. The van der Waals surface area contributed by atoms with E-state index in [9.17, 15) is 4.79 Å². The van der Waals surface area contributed by atoms with Crippen molar-refractivity contribution in [3.8, 4) is 5.75 Å². The van der Waals surface area contributed by atoms with Crippen LogP contribution in [0, 0.1) is 0 Å². The lowest BCUT2D eigenvalue weighted by molar-refractivity contribution is 0.0793. The number of nitrogens with zero attached hydrogens (tertiary/aromatic N) is 1. The van der Waals surface area contributed by atoms with Crippen molar-refractivity contribution in [3.05, 3.63) is 29.3 Å². The van der Waals surface area contributed by atoms with E-state index in [4.69, 9.17) is 4.74 Å². The lowest BCUT2D eigenvalue weighted by Gasteiger charge is -2.17. The number of carbonyl (C=O) groups is 1. The molecule has 1 aliphatic rings. The maximum absolute atomic E-state index is 12.2. The monoisotopic (exact) mass is 248 g/mol. The average Bonchev–Trinajstić information content (AvgIpc) is 2.85. The third kappa shape index (κ3) is 2.82. The van der Waals surface area contributed by atoms with Gasteiger partial charge in [-0.1, -0.05) is 0 Å². The summed E-state index contributed by atoms with van der Waals surface area (Å²) >= 11 is 0. The molecule has 0 aliphatic carbocycles. The van der Waals surface area contributed by atoms with E-state index in [0.717, 1.165) is 49.4 Å². The van der Waals surface area contributed by atoms with Gasteiger partial charge < -0.3 is 15.0 Å². The first-order valence-corrected chi connectivity index (χ1v) is 6.38. The van der Waals surface area contributed by atoms with Gasteiger partial charge in [-0.2, -0.15) is 0 Å². The number of fused-ring (bicyclic) bond motifs is 1. The number of benzene rings is 1. The fourth-order valence-electron chi connectivity index (χ4n) is 2.13. The zero-order chi connectivity index (χ0) is 13.0. The Labute approximate surface area is 108 Å². The van der Waals surface area contributed by atoms with Crippen LogP contribution in [0.4, 0.5) is 0 Å². The van der Waals surface area contributed by atoms with Crippen LogP contribution in [0.25, 0.3) is 0 Å². The lowest BCUT2D eigenvalue weighted by Crippen LogP contribution is -2.29. The number of carbonyl (C=O) groups excluding carboxylic acids is 1. The summed E-state index contributed by atoms with van der Waals surface area (Å²) in [5.41, 5.74) is 1.90. The largest absolute Gasteiger partial charge is 0.493 e. The van der Waals surface area contributed by atoms with Crippen molar-refractivity contribution < 1.29 is 9.53 Å². The predicted octanol–water partition coefficient (Wildman–Crippen LogP) is 1.30. The smallest absolute Gasteiger partial charge is 0.253 e. The van der Waals surface area contributed by atoms with Gasteiger partial charge in [0.15, 0.2) is 0 Å². The van der Waals surface area contributed by atoms with Crippen LogP contribution in [-0.4, -0.2) is 44.6 Å². The second-order valence-corrected chi connectivity index (χ2v) is 4.60. The first kappa shape index (κ1) is 12.9. The molecule has 0 unspecified atom stereocenters. The van der Waals surface area contributed by atoms with Crippen molar-refractivity contribution in [1.82, 2.24) is 10.2 Å². The van der Waals surface area contributed by atoms with E-state index in [2.05, 4.69) is 5.32 Å². The van der Waals surface area contributed by atoms with E-state index >= 15 is 0 Å². The number of rotatable bonds is 5. The molecule has 1 aliphatic heterocycles. The Morgan fingerprint density at radius 2 is 2.33 bits per heavy atom. The first-order chi connectivity index (χ1) is 8.72. The normalized spacial score (nSPS) is 13.0. The Kier molecular flexibility index (Phi) is 4.20. The molecule has 0 saturated heterocycles. The maximum Gasteiger partial charge on any atom is 0.253 e. The zero-order valence-corrected chi connectivity index (χ0v) is 11.0. The molecule has 98 valence electrons. The van der Waals surface area contributed by atoms with E-state index < -0.39 is 0 Å². The molecule has 0 saturated carbocycles. The van der Waals surface area contributed by atoms with Crippen LogP contribution in [0.3, 0.4) is 0 Å². The molecule has 1 aromatic carbocycles. The summed E-state index contributed by atoms with van der Waals surface area (Å²) in [7, 11) is 3.77. The van der Waals surface area contributed by atoms with Crippen molar-refractivity contribution in [2.45, 2.75) is 12.8 Å². The van der Waals surface area contributed by atoms with Crippen molar-refractivity contribution in [3.63, 3.8) is 0 Å². The van der Waals surface area contributed by atoms with Crippen LogP contribution >= 0.6 is 0 Å². The number of ether oxygens (including phenoxy) is 1. The first-order valence-electron chi connectivity index (χ1n) is 6.38. The molecule has 4 nitrogen and oxygen atoms in total. The van der Waals surface area contributed by atoms with Crippen molar-refractivity contribution in [2.75, 3.05) is 33.8 Å². The zero-order valence-electron chi connectivity index (χ0n) is 11.0. The van der Waals surface area contributed by atoms with E-state index in [1.54, 1.807) is 4.90 Å².